The molecule has 0 fully saturated rings. The van der Waals surface area contributed by atoms with E-state index in [9.17, 15) is 9.90 Å². The summed E-state index contributed by atoms with van der Waals surface area (Å²) in [5.41, 5.74) is 0.699. The third kappa shape index (κ3) is 1.77. The van der Waals surface area contributed by atoms with Crippen LogP contribution in [0.15, 0.2) is 6.07 Å². The van der Waals surface area contributed by atoms with Crippen molar-refractivity contribution in [1.29, 1.82) is 0 Å². The fraction of sp³-hybridized carbons (Fsp3) is 0.417. The Balaban J connectivity index is 2.66. The molecule has 1 heterocycles. The van der Waals surface area contributed by atoms with Crippen molar-refractivity contribution in [2.45, 2.75) is 19.3 Å². The molecule has 0 saturated heterocycles. The van der Waals surface area contributed by atoms with Gasteiger partial charge in [-0.05, 0) is 5.92 Å². The molecule has 0 radical (unpaired) electrons. The molecule has 1 atom stereocenters. The summed E-state index contributed by atoms with van der Waals surface area (Å²) in [7, 11) is 2.88. The molecule has 0 aromatic heterocycles. The lowest BCUT2D eigenvalue weighted by atomic mass is 9.93. The van der Waals surface area contributed by atoms with Gasteiger partial charge in [-0.3, -0.25) is 4.79 Å². The van der Waals surface area contributed by atoms with Crippen LogP contribution in [-0.4, -0.2) is 25.3 Å². The maximum atomic E-state index is 11.4. The number of aromatic hydroxyl groups is 1. The van der Waals surface area contributed by atoms with E-state index in [0.717, 1.165) is 0 Å². The number of carbonyl (C=O) groups is 1. The molecule has 0 saturated carbocycles. The molecule has 1 unspecified atom stereocenters. The molecular formula is C12H14O5. The molecule has 5 heteroatoms. The van der Waals surface area contributed by atoms with E-state index in [2.05, 4.69) is 0 Å². The number of phenols is 1. The van der Waals surface area contributed by atoms with Crippen molar-refractivity contribution in [2.24, 2.45) is 0 Å². The number of phenolic OH excluding ortho intramolecular Hbond substituents is 1. The van der Waals surface area contributed by atoms with Crippen LogP contribution in [0.4, 0.5) is 0 Å². The first-order valence-electron chi connectivity index (χ1n) is 5.27. The maximum Gasteiger partial charge on any atom is 0.311 e. The van der Waals surface area contributed by atoms with E-state index in [0.29, 0.717) is 17.1 Å². The second-order valence-electron chi connectivity index (χ2n) is 3.95. The highest BCUT2D eigenvalue weighted by atomic mass is 16.5. The Bertz CT molecular complexity index is 466. The summed E-state index contributed by atoms with van der Waals surface area (Å²) < 4.78 is 15.3. The minimum atomic E-state index is -0.292. The second-order valence-corrected chi connectivity index (χ2v) is 3.95. The average Bonchev–Trinajstić information content (AvgIpc) is 2.29. The molecule has 1 aromatic carbocycles. The predicted octanol–water partition coefficient (Wildman–Crippen LogP) is 1.82. The van der Waals surface area contributed by atoms with Gasteiger partial charge in [0.05, 0.1) is 20.6 Å². The predicted molar refractivity (Wildman–Crippen MR) is 59.9 cm³/mol. The number of ether oxygens (including phenoxy) is 3. The smallest absolute Gasteiger partial charge is 0.311 e. The summed E-state index contributed by atoms with van der Waals surface area (Å²) in [6.07, 6.45) is 0.273. The lowest BCUT2D eigenvalue weighted by molar-refractivity contribution is -0.135. The van der Waals surface area contributed by atoms with Gasteiger partial charge in [0, 0.05) is 11.6 Å². The van der Waals surface area contributed by atoms with Gasteiger partial charge in [0.15, 0.2) is 11.5 Å². The highest BCUT2D eigenvalue weighted by Gasteiger charge is 2.31. The molecule has 1 aliphatic rings. The molecule has 0 amide bonds. The van der Waals surface area contributed by atoms with E-state index in [1.54, 1.807) is 0 Å². The first-order chi connectivity index (χ1) is 8.08. The van der Waals surface area contributed by atoms with Crippen LogP contribution in [0.1, 0.15) is 24.8 Å². The number of fused-ring (bicyclic) bond motifs is 1. The van der Waals surface area contributed by atoms with Gasteiger partial charge in [-0.25, -0.2) is 0 Å². The van der Waals surface area contributed by atoms with E-state index < -0.39 is 0 Å². The van der Waals surface area contributed by atoms with Crippen molar-refractivity contribution in [3.8, 4) is 23.0 Å². The van der Waals surface area contributed by atoms with Crippen LogP contribution in [0.5, 0.6) is 23.0 Å². The number of benzene rings is 1. The van der Waals surface area contributed by atoms with Crippen molar-refractivity contribution in [2.75, 3.05) is 14.2 Å². The van der Waals surface area contributed by atoms with Gasteiger partial charge in [0.25, 0.3) is 0 Å². The number of hydrogen-bond donors (Lipinski definition) is 1. The first kappa shape index (κ1) is 11.6. The van der Waals surface area contributed by atoms with Crippen LogP contribution in [0, 0.1) is 0 Å². The summed E-state index contributed by atoms with van der Waals surface area (Å²) in [6, 6.07) is 1.50. The molecular weight excluding hydrogens is 224 g/mol. The highest BCUT2D eigenvalue weighted by molar-refractivity contribution is 5.79. The largest absolute Gasteiger partial charge is 0.502 e. The minimum Gasteiger partial charge on any atom is -0.502 e. The van der Waals surface area contributed by atoms with E-state index in [-0.39, 0.29) is 29.8 Å². The van der Waals surface area contributed by atoms with Gasteiger partial charge in [0.1, 0.15) is 5.75 Å². The Morgan fingerprint density at radius 3 is 2.71 bits per heavy atom. The fourth-order valence-corrected chi connectivity index (χ4v) is 2.05. The Kier molecular flexibility index (Phi) is 2.83. The first-order valence-corrected chi connectivity index (χ1v) is 5.27. The van der Waals surface area contributed by atoms with E-state index in [1.165, 1.54) is 20.3 Å². The summed E-state index contributed by atoms with van der Waals surface area (Å²) in [5, 5.41) is 9.94. The van der Waals surface area contributed by atoms with Crippen LogP contribution in [0.3, 0.4) is 0 Å². The number of hydrogen-bond acceptors (Lipinski definition) is 5. The number of carbonyl (C=O) groups excluding carboxylic acids is 1. The highest BCUT2D eigenvalue weighted by Crippen LogP contribution is 2.49. The molecule has 1 N–H and O–H groups in total. The monoisotopic (exact) mass is 238 g/mol. The second kappa shape index (κ2) is 4.16. The maximum absolute atomic E-state index is 11.4. The van der Waals surface area contributed by atoms with Crippen molar-refractivity contribution in [1.82, 2.24) is 0 Å². The summed E-state index contributed by atoms with van der Waals surface area (Å²) in [4.78, 5) is 11.4. The minimum absolute atomic E-state index is 0.0574. The Morgan fingerprint density at radius 2 is 2.12 bits per heavy atom. The number of rotatable bonds is 2. The van der Waals surface area contributed by atoms with Gasteiger partial charge < -0.3 is 19.3 Å². The van der Waals surface area contributed by atoms with Gasteiger partial charge in [-0.15, -0.1) is 0 Å². The van der Waals surface area contributed by atoms with Crippen molar-refractivity contribution in [3.05, 3.63) is 11.6 Å². The van der Waals surface area contributed by atoms with Gasteiger partial charge in [0.2, 0.25) is 5.75 Å². The lowest BCUT2D eigenvalue weighted by Gasteiger charge is -2.24. The molecule has 2 rings (SSSR count). The normalized spacial score (nSPS) is 18.3. The summed E-state index contributed by atoms with van der Waals surface area (Å²) >= 11 is 0. The SMILES string of the molecule is COc1cc2c(c(OC)c1O)C(C)CC(=O)O2. The van der Waals surface area contributed by atoms with Crippen LogP contribution in [0.25, 0.3) is 0 Å². The van der Waals surface area contributed by atoms with Crippen LogP contribution >= 0.6 is 0 Å². The Hall–Kier alpha value is -1.91. The molecule has 17 heavy (non-hydrogen) atoms. The van der Waals surface area contributed by atoms with Crippen LogP contribution in [-0.2, 0) is 4.79 Å². The third-order valence-corrected chi connectivity index (χ3v) is 2.83. The van der Waals surface area contributed by atoms with Gasteiger partial charge in [-0.2, -0.15) is 0 Å². The molecule has 5 nitrogen and oxygen atoms in total. The van der Waals surface area contributed by atoms with E-state index in [4.69, 9.17) is 14.2 Å². The molecule has 92 valence electrons. The van der Waals surface area contributed by atoms with Gasteiger partial charge in [-0.1, -0.05) is 6.92 Å². The molecule has 1 aliphatic heterocycles. The zero-order valence-corrected chi connectivity index (χ0v) is 9.94. The summed E-state index contributed by atoms with van der Waals surface area (Å²) in [5.74, 6) is 0.499. The van der Waals surface area contributed by atoms with E-state index >= 15 is 0 Å². The zero-order chi connectivity index (χ0) is 12.6. The summed E-state index contributed by atoms with van der Waals surface area (Å²) in [6.45, 7) is 1.88. The Labute approximate surface area is 98.9 Å². The quantitative estimate of drug-likeness (QED) is 0.629. The standard InChI is InChI=1S/C12H14O5/c1-6-4-9(13)17-7-5-8(15-2)11(14)12(16-3)10(6)7/h5-6,14H,4H2,1-3H3. The molecule has 0 bridgehead atoms. The zero-order valence-electron chi connectivity index (χ0n) is 9.94. The van der Waals surface area contributed by atoms with Crippen LogP contribution in [0.2, 0.25) is 0 Å². The average molecular weight is 238 g/mol. The molecule has 0 spiro atoms. The van der Waals surface area contributed by atoms with Crippen molar-refractivity contribution in [3.63, 3.8) is 0 Å². The van der Waals surface area contributed by atoms with Gasteiger partial charge >= 0.3 is 5.97 Å². The topological polar surface area (TPSA) is 65.0 Å². The van der Waals surface area contributed by atoms with Crippen molar-refractivity contribution < 1.29 is 24.1 Å². The van der Waals surface area contributed by atoms with E-state index in [1.807, 2.05) is 6.92 Å². The number of esters is 1. The molecule has 0 aliphatic carbocycles. The molecule has 1 aromatic rings. The fourth-order valence-electron chi connectivity index (χ4n) is 2.05. The third-order valence-electron chi connectivity index (χ3n) is 2.83. The lowest BCUT2D eigenvalue weighted by Crippen LogP contribution is -2.19. The Morgan fingerprint density at radius 1 is 1.41 bits per heavy atom. The van der Waals surface area contributed by atoms with Crippen LogP contribution < -0.4 is 14.2 Å². The van der Waals surface area contributed by atoms with Crippen molar-refractivity contribution >= 4 is 5.97 Å². The number of methoxy groups -OCH3 is 2.